The van der Waals surface area contributed by atoms with Crippen LogP contribution in [0.2, 0.25) is 3.43 Å². The molecule has 0 bridgehead atoms. The molecule has 0 amide bonds. The van der Waals surface area contributed by atoms with E-state index in [-0.39, 0.29) is 16.6 Å². The molecule has 1 N–H and O–H groups in total. The third-order valence-corrected chi connectivity index (χ3v) is 16.5. The molecule has 0 unspecified atom stereocenters. The molecule has 3 rings (SSSR count). The van der Waals surface area contributed by atoms with Crippen LogP contribution in [0.5, 0.6) is 0 Å². The first-order chi connectivity index (χ1) is 14.8. The number of carbonyl (C=O) groups excluding carboxylic acids is 2. The molecule has 0 radical (unpaired) electrons. The molecular weight excluding hydrogens is 604 g/mol. The van der Waals surface area contributed by atoms with Gasteiger partial charge in [0.2, 0.25) is 0 Å². The van der Waals surface area contributed by atoms with E-state index in [1.165, 1.54) is 0 Å². The van der Waals surface area contributed by atoms with Crippen LogP contribution < -0.4 is 0 Å². The van der Waals surface area contributed by atoms with Crippen molar-refractivity contribution in [3.05, 3.63) is 71.8 Å². The molecule has 1 aliphatic rings. The van der Waals surface area contributed by atoms with Crippen LogP contribution in [0.1, 0.15) is 47.4 Å². The van der Waals surface area contributed by atoms with E-state index in [1.54, 1.807) is 55.5 Å². The first kappa shape index (κ1) is 24.2. The first-order valence-corrected chi connectivity index (χ1v) is 20.4. The van der Waals surface area contributed by atoms with Crippen LogP contribution >= 0.6 is 8.25 Å². The molecule has 7 heteroatoms. The van der Waals surface area contributed by atoms with E-state index >= 15 is 0 Å². The van der Waals surface area contributed by atoms with Gasteiger partial charge in [-0.05, 0) is 0 Å². The van der Waals surface area contributed by atoms with Crippen molar-refractivity contribution in [1.82, 2.24) is 0 Å². The van der Waals surface area contributed by atoms with Gasteiger partial charge in [0.1, 0.15) is 0 Å². The second kappa shape index (κ2) is 10.5. The monoisotopic (exact) mass is 632 g/mol. The van der Waals surface area contributed by atoms with Crippen LogP contribution in [0, 0.1) is 11.3 Å². The molecule has 0 heterocycles. The Hall–Kier alpha value is -1.43. The van der Waals surface area contributed by atoms with Crippen molar-refractivity contribution in [2.24, 2.45) is 11.3 Å². The average Bonchev–Trinajstić information content (AvgIpc) is 2.78. The van der Waals surface area contributed by atoms with E-state index in [0.717, 1.165) is 6.42 Å². The molecule has 2 aromatic rings. The summed E-state index contributed by atoms with van der Waals surface area (Å²) in [4.78, 5) is 25.1. The predicted octanol–water partition coefficient (Wildman–Crippen LogP) is 4.89. The summed E-state index contributed by atoms with van der Waals surface area (Å²) in [5.74, 6) is -1.23. The van der Waals surface area contributed by atoms with E-state index in [0.29, 0.717) is 17.5 Å². The van der Waals surface area contributed by atoms with Gasteiger partial charge < -0.3 is 0 Å². The van der Waals surface area contributed by atoms with Crippen molar-refractivity contribution < 1.29 is 47.5 Å². The average molecular weight is 632 g/mol. The van der Waals surface area contributed by atoms with Crippen LogP contribution in [0.3, 0.4) is 0 Å². The second-order valence-corrected chi connectivity index (χ2v) is 16.5. The summed E-state index contributed by atoms with van der Waals surface area (Å²) < 4.78 is 11.5. The van der Waals surface area contributed by atoms with Gasteiger partial charge in [-0.2, -0.15) is 0 Å². The van der Waals surface area contributed by atoms with Crippen molar-refractivity contribution in [1.29, 1.82) is 0 Å². The number of carbonyl (C=O) groups is 2. The van der Waals surface area contributed by atoms with Gasteiger partial charge in [-0.25, -0.2) is 0 Å². The molecule has 4 atom stereocenters. The number of benzene rings is 2. The van der Waals surface area contributed by atoms with E-state index in [4.69, 9.17) is 17.7 Å². The van der Waals surface area contributed by atoms with E-state index in [1.807, 2.05) is 19.1 Å². The minimum absolute atomic E-state index is 0.0430. The molecule has 0 aliphatic heterocycles. The molecule has 1 fully saturated rings. The normalized spacial score (nSPS) is 27.7. The topological polar surface area (TPSA) is 72.8 Å². The first-order valence-electron chi connectivity index (χ1n) is 10.5. The van der Waals surface area contributed by atoms with Crippen molar-refractivity contribution in [2.75, 3.05) is 13.2 Å². The quantitative estimate of drug-likeness (QED) is 0.348. The van der Waals surface area contributed by atoms with Crippen LogP contribution in [0.25, 0.3) is 0 Å². The van der Waals surface area contributed by atoms with E-state index in [9.17, 15) is 14.7 Å². The number of ether oxygens (including phenoxy) is 2. The van der Waals surface area contributed by atoms with Crippen molar-refractivity contribution >= 4 is 20.2 Å². The molecule has 1 aliphatic carbocycles. The Kier molecular flexibility index (Phi) is 8.17. The zero-order chi connectivity index (χ0) is 22.5. The van der Waals surface area contributed by atoms with Gasteiger partial charge in [-0.1, -0.05) is 0 Å². The Balaban J connectivity index is 1.78. The summed E-state index contributed by atoms with van der Waals surface area (Å²) in [5.41, 5.74) is -0.676. The number of hydrogen-bond acceptors (Lipinski definition) is 5. The van der Waals surface area contributed by atoms with Gasteiger partial charge >= 0.3 is 200 Å². The third kappa shape index (κ3) is 5.68. The summed E-state index contributed by atoms with van der Waals surface area (Å²) in [6.07, 6.45) is 1.38. The molecular formula is C24H27ClHgO5. The molecule has 0 aromatic heterocycles. The number of hydrogen-bond donors (Lipinski definition) is 1. The molecule has 0 saturated heterocycles. The molecule has 2 aromatic carbocycles. The van der Waals surface area contributed by atoms with Crippen molar-refractivity contribution in [2.45, 2.75) is 35.7 Å². The van der Waals surface area contributed by atoms with Gasteiger partial charge in [0, 0.05) is 0 Å². The molecule has 31 heavy (non-hydrogen) atoms. The van der Waals surface area contributed by atoms with Crippen LogP contribution in [-0.4, -0.2) is 35.9 Å². The molecule has 162 valence electrons. The van der Waals surface area contributed by atoms with Gasteiger partial charge in [0.25, 0.3) is 0 Å². The number of aliphatic hydroxyl groups is 1. The van der Waals surface area contributed by atoms with Crippen molar-refractivity contribution in [3.8, 4) is 0 Å². The Bertz CT molecular complexity index is 889. The Labute approximate surface area is 199 Å². The van der Waals surface area contributed by atoms with Crippen LogP contribution in [0.4, 0.5) is 0 Å². The van der Waals surface area contributed by atoms with E-state index < -0.39 is 52.2 Å². The Morgan fingerprint density at radius 1 is 1.00 bits per heavy atom. The molecule has 0 spiro atoms. The maximum atomic E-state index is 12.6. The summed E-state index contributed by atoms with van der Waals surface area (Å²) in [5, 5.41) is 11.2. The summed E-state index contributed by atoms with van der Waals surface area (Å²) in [6.45, 7) is 3.95. The van der Waals surface area contributed by atoms with E-state index in [2.05, 4.69) is 0 Å². The minimum atomic E-state index is -1.79. The van der Waals surface area contributed by atoms with Crippen molar-refractivity contribution in [3.63, 3.8) is 0 Å². The van der Waals surface area contributed by atoms with Gasteiger partial charge in [0.05, 0.1) is 0 Å². The van der Waals surface area contributed by atoms with Gasteiger partial charge in [-0.3, -0.25) is 0 Å². The van der Waals surface area contributed by atoms with Gasteiger partial charge in [-0.15, -0.1) is 0 Å². The summed E-state index contributed by atoms with van der Waals surface area (Å²) in [7, 11) is 6.51. The zero-order valence-electron chi connectivity index (χ0n) is 17.9. The van der Waals surface area contributed by atoms with Crippen LogP contribution in [0.15, 0.2) is 60.7 Å². The molecule has 5 nitrogen and oxygen atoms in total. The Morgan fingerprint density at radius 2 is 1.52 bits per heavy atom. The standard InChI is InChI=1S/C24H27O5.ClH.Hg/c1-23(17-29-22(26)19-12-7-4-8-13-19)14-9-15-24(2,27)20(23)16-28-21(25)18-10-5-3-6-11-18;;/h3-8,10-14,20,27H,9,15-17H2,1-2H3;1H;/q;;+1/p-1/t20-,23-,24+;;/m1../s1. The fourth-order valence-corrected chi connectivity index (χ4v) is 13.3. The third-order valence-electron chi connectivity index (χ3n) is 6.58. The number of rotatable bonds is 7. The fraction of sp³-hybridized carbons (Fsp3) is 0.417. The Morgan fingerprint density at radius 3 is 2.03 bits per heavy atom. The maximum absolute atomic E-state index is 12.6. The van der Waals surface area contributed by atoms with Gasteiger partial charge in [0.15, 0.2) is 0 Å². The molecule has 1 saturated carbocycles. The predicted molar refractivity (Wildman–Crippen MR) is 115 cm³/mol. The summed E-state index contributed by atoms with van der Waals surface area (Å²) >= 11 is -1.79. The second-order valence-electron chi connectivity index (χ2n) is 8.71. The summed E-state index contributed by atoms with van der Waals surface area (Å²) in [6, 6.07) is 17.6. The van der Waals surface area contributed by atoms with Crippen LogP contribution in [-0.2, 0) is 32.8 Å². The number of esters is 2. The fourth-order valence-electron chi connectivity index (χ4n) is 4.50. The number of halogens is 1. The zero-order valence-corrected chi connectivity index (χ0v) is 24.2. The SMILES string of the molecule is C[C@@]1(COC(=O)c2ccccc2)[C@@H](COC(=O)c2ccccc2)[C@@](C)(O)CC[C@H]1[Hg][Cl].